The van der Waals surface area contributed by atoms with Crippen molar-refractivity contribution >= 4 is 11.9 Å². The number of carbonyl (C=O) groups is 1. The highest BCUT2D eigenvalue weighted by molar-refractivity contribution is 5.76. The van der Waals surface area contributed by atoms with Gasteiger partial charge in [-0.3, -0.25) is 4.79 Å². The Morgan fingerprint density at radius 2 is 1.78 bits per heavy atom. The van der Waals surface area contributed by atoms with E-state index in [4.69, 9.17) is 4.42 Å². The summed E-state index contributed by atoms with van der Waals surface area (Å²) in [5.41, 5.74) is 2.45. The van der Waals surface area contributed by atoms with Crippen LogP contribution in [0, 0.1) is 13.8 Å². The first-order valence-corrected chi connectivity index (χ1v) is 8.00. The first kappa shape index (κ1) is 15.5. The molecule has 1 aliphatic rings. The molecule has 0 atom stereocenters. The van der Waals surface area contributed by atoms with Crippen molar-refractivity contribution in [3.8, 4) is 0 Å². The van der Waals surface area contributed by atoms with E-state index in [-0.39, 0.29) is 5.91 Å². The summed E-state index contributed by atoms with van der Waals surface area (Å²) >= 11 is 0. The lowest BCUT2D eigenvalue weighted by atomic mass is 10.1. The molecule has 0 N–H and O–H groups in total. The third-order valence-electron chi connectivity index (χ3n) is 4.17. The van der Waals surface area contributed by atoms with Gasteiger partial charge in [-0.1, -0.05) is 34.9 Å². The number of benzene rings is 1. The van der Waals surface area contributed by atoms with Gasteiger partial charge in [0.05, 0.1) is 0 Å². The molecule has 6 nitrogen and oxygen atoms in total. The number of rotatable bonds is 4. The van der Waals surface area contributed by atoms with E-state index in [1.165, 1.54) is 11.1 Å². The maximum atomic E-state index is 12.3. The smallest absolute Gasteiger partial charge is 0.318 e. The summed E-state index contributed by atoms with van der Waals surface area (Å²) in [5, 5.41) is 7.87. The summed E-state index contributed by atoms with van der Waals surface area (Å²) in [7, 11) is 0. The van der Waals surface area contributed by atoms with Gasteiger partial charge in [-0.25, -0.2) is 0 Å². The molecule has 1 aromatic heterocycles. The molecule has 23 heavy (non-hydrogen) atoms. The van der Waals surface area contributed by atoms with E-state index in [2.05, 4.69) is 41.4 Å². The fourth-order valence-electron chi connectivity index (χ4n) is 2.73. The summed E-state index contributed by atoms with van der Waals surface area (Å²) in [5.74, 6) is 0.781. The van der Waals surface area contributed by atoms with E-state index in [9.17, 15) is 4.79 Å². The minimum Gasteiger partial charge on any atom is -0.408 e. The van der Waals surface area contributed by atoms with E-state index in [1.807, 2.05) is 9.80 Å². The van der Waals surface area contributed by atoms with Crippen LogP contribution in [0.15, 0.2) is 28.7 Å². The molecule has 0 radical (unpaired) electrons. The highest BCUT2D eigenvalue weighted by Gasteiger charge is 2.23. The van der Waals surface area contributed by atoms with E-state index < -0.39 is 0 Å². The standard InChI is InChI=1S/C17H22N4O2/c1-13-3-5-15(6-4-13)7-8-16(22)20-9-11-21(12-10-20)17-19-18-14(2)23-17/h3-6H,7-12H2,1-2H3. The van der Waals surface area contributed by atoms with E-state index in [0.717, 1.165) is 19.5 Å². The predicted molar refractivity (Wildman–Crippen MR) is 87.3 cm³/mol. The minimum absolute atomic E-state index is 0.215. The Bertz CT molecular complexity index is 657. The lowest BCUT2D eigenvalue weighted by molar-refractivity contribution is -0.131. The van der Waals surface area contributed by atoms with Crippen molar-refractivity contribution in [1.82, 2.24) is 15.1 Å². The molecule has 2 aromatic rings. The molecule has 0 bridgehead atoms. The van der Waals surface area contributed by atoms with Gasteiger partial charge in [-0.15, -0.1) is 5.10 Å². The first-order valence-electron chi connectivity index (χ1n) is 8.00. The lowest BCUT2D eigenvalue weighted by Gasteiger charge is -2.33. The van der Waals surface area contributed by atoms with Crippen LogP contribution < -0.4 is 4.90 Å². The first-order chi connectivity index (χ1) is 11.1. The topological polar surface area (TPSA) is 62.5 Å². The molecule has 0 unspecified atom stereocenters. The normalized spacial score (nSPS) is 15.0. The van der Waals surface area contributed by atoms with Gasteiger partial charge in [0.25, 0.3) is 0 Å². The molecule has 2 heterocycles. The van der Waals surface area contributed by atoms with Crippen molar-refractivity contribution in [3.05, 3.63) is 41.3 Å². The number of carbonyl (C=O) groups excluding carboxylic acids is 1. The van der Waals surface area contributed by atoms with Crippen molar-refractivity contribution in [2.24, 2.45) is 0 Å². The minimum atomic E-state index is 0.215. The average molecular weight is 314 g/mol. The predicted octanol–water partition coefficient (Wildman–Crippen LogP) is 1.97. The van der Waals surface area contributed by atoms with Gasteiger partial charge in [0, 0.05) is 39.5 Å². The quantitative estimate of drug-likeness (QED) is 0.863. The van der Waals surface area contributed by atoms with Gasteiger partial charge in [0.2, 0.25) is 11.8 Å². The molecule has 122 valence electrons. The molecule has 0 aliphatic carbocycles. The molecule has 1 fully saturated rings. The molecular weight excluding hydrogens is 292 g/mol. The number of aromatic nitrogens is 2. The fourth-order valence-corrected chi connectivity index (χ4v) is 2.73. The van der Waals surface area contributed by atoms with Crippen molar-refractivity contribution in [1.29, 1.82) is 0 Å². The van der Waals surface area contributed by atoms with E-state index in [1.54, 1.807) is 6.92 Å². The Balaban J connectivity index is 1.47. The zero-order chi connectivity index (χ0) is 16.2. The van der Waals surface area contributed by atoms with Crippen LogP contribution in [0.4, 0.5) is 6.01 Å². The monoisotopic (exact) mass is 314 g/mol. The van der Waals surface area contributed by atoms with Crippen LogP contribution in [0.3, 0.4) is 0 Å². The van der Waals surface area contributed by atoms with Gasteiger partial charge < -0.3 is 14.2 Å². The highest BCUT2D eigenvalue weighted by atomic mass is 16.4. The SMILES string of the molecule is Cc1ccc(CCC(=O)N2CCN(c3nnc(C)o3)CC2)cc1. The van der Waals surface area contributed by atoms with Gasteiger partial charge >= 0.3 is 6.01 Å². The zero-order valence-electron chi connectivity index (χ0n) is 13.7. The second-order valence-electron chi connectivity index (χ2n) is 5.96. The second-order valence-corrected chi connectivity index (χ2v) is 5.96. The Morgan fingerprint density at radius 1 is 1.09 bits per heavy atom. The number of aryl methyl sites for hydroxylation is 3. The van der Waals surface area contributed by atoms with Crippen LogP contribution in [0.2, 0.25) is 0 Å². The second kappa shape index (κ2) is 6.81. The van der Waals surface area contributed by atoms with Gasteiger partial charge in [0.1, 0.15) is 0 Å². The van der Waals surface area contributed by atoms with Crippen LogP contribution in [0.1, 0.15) is 23.4 Å². The van der Waals surface area contributed by atoms with Crippen LogP contribution in [-0.4, -0.2) is 47.2 Å². The summed E-state index contributed by atoms with van der Waals surface area (Å²) < 4.78 is 5.43. The van der Waals surface area contributed by atoms with Crippen LogP contribution >= 0.6 is 0 Å². The Morgan fingerprint density at radius 3 is 2.39 bits per heavy atom. The lowest BCUT2D eigenvalue weighted by Crippen LogP contribution is -2.49. The summed E-state index contributed by atoms with van der Waals surface area (Å²) in [6.45, 7) is 6.72. The Kier molecular flexibility index (Phi) is 4.60. The largest absolute Gasteiger partial charge is 0.408 e. The molecule has 1 amide bonds. The number of nitrogens with zero attached hydrogens (tertiary/aromatic N) is 4. The van der Waals surface area contributed by atoms with E-state index >= 15 is 0 Å². The van der Waals surface area contributed by atoms with Crippen molar-refractivity contribution in [2.75, 3.05) is 31.1 Å². The summed E-state index contributed by atoms with van der Waals surface area (Å²) in [6.07, 6.45) is 1.35. The Labute approximate surface area is 136 Å². The highest BCUT2D eigenvalue weighted by Crippen LogP contribution is 2.15. The Hall–Kier alpha value is -2.37. The number of amides is 1. The number of piperazine rings is 1. The number of hydrogen-bond acceptors (Lipinski definition) is 5. The maximum absolute atomic E-state index is 12.3. The summed E-state index contributed by atoms with van der Waals surface area (Å²) in [6, 6.07) is 8.92. The molecule has 1 saturated heterocycles. The number of anilines is 1. The molecule has 1 aliphatic heterocycles. The third kappa shape index (κ3) is 3.88. The van der Waals surface area contributed by atoms with Crippen molar-refractivity contribution < 1.29 is 9.21 Å². The molecular formula is C17H22N4O2. The van der Waals surface area contributed by atoms with Crippen LogP contribution in [-0.2, 0) is 11.2 Å². The van der Waals surface area contributed by atoms with Crippen molar-refractivity contribution in [3.63, 3.8) is 0 Å². The van der Waals surface area contributed by atoms with Crippen molar-refractivity contribution in [2.45, 2.75) is 26.7 Å². The average Bonchev–Trinajstić information content (AvgIpc) is 3.01. The molecule has 0 saturated carbocycles. The fraction of sp³-hybridized carbons (Fsp3) is 0.471. The number of hydrogen-bond donors (Lipinski definition) is 0. The third-order valence-corrected chi connectivity index (χ3v) is 4.17. The maximum Gasteiger partial charge on any atom is 0.318 e. The van der Waals surface area contributed by atoms with Crippen LogP contribution in [0.5, 0.6) is 0 Å². The van der Waals surface area contributed by atoms with E-state index in [0.29, 0.717) is 31.4 Å². The van der Waals surface area contributed by atoms with Crippen LogP contribution in [0.25, 0.3) is 0 Å². The van der Waals surface area contributed by atoms with Gasteiger partial charge in [-0.05, 0) is 18.9 Å². The summed E-state index contributed by atoms with van der Waals surface area (Å²) in [4.78, 5) is 16.3. The van der Waals surface area contributed by atoms with Gasteiger partial charge in [0.15, 0.2) is 0 Å². The molecule has 6 heteroatoms. The van der Waals surface area contributed by atoms with Gasteiger partial charge in [-0.2, -0.15) is 0 Å². The molecule has 1 aromatic carbocycles. The molecule has 3 rings (SSSR count). The zero-order valence-corrected chi connectivity index (χ0v) is 13.7. The molecule has 0 spiro atoms.